The zero-order valence-corrected chi connectivity index (χ0v) is 6.27. The van der Waals surface area contributed by atoms with E-state index in [1.54, 1.807) is 6.20 Å². The second kappa shape index (κ2) is 2.65. The van der Waals surface area contributed by atoms with Crippen molar-refractivity contribution in [3.05, 3.63) is 30.5 Å². The van der Waals surface area contributed by atoms with Gasteiger partial charge in [-0.15, -0.1) is 0 Å². The number of nitrogens with one attached hydrogen (secondary N) is 1. The van der Waals surface area contributed by atoms with E-state index in [-0.39, 0.29) is 0 Å². The first-order valence-corrected chi connectivity index (χ1v) is 3.55. The van der Waals surface area contributed by atoms with Crippen LogP contribution in [0.2, 0.25) is 0 Å². The Hall–Kier alpha value is -1.84. The molecule has 0 bridgehead atoms. The molecule has 1 N–H and O–H groups in total. The van der Waals surface area contributed by atoms with Crippen molar-refractivity contribution >= 4 is 17.3 Å². The molecular weight excluding hydrogens is 154 g/mol. The summed E-state index contributed by atoms with van der Waals surface area (Å²) in [5.74, 6) is 0. The molecule has 12 heavy (non-hydrogen) atoms. The van der Waals surface area contributed by atoms with Gasteiger partial charge in [-0.1, -0.05) is 18.2 Å². The summed E-state index contributed by atoms with van der Waals surface area (Å²) in [6.45, 7) is 0. The van der Waals surface area contributed by atoms with Gasteiger partial charge in [0.05, 0.1) is 11.7 Å². The molecule has 0 saturated heterocycles. The highest BCUT2D eigenvalue weighted by Gasteiger charge is 1.96. The molecule has 0 aliphatic carbocycles. The molecule has 1 aromatic carbocycles. The van der Waals surface area contributed by atoms with E-state index in [0.717, 1.165) is 10.9 Å². The van der Waals surface area contributed by atoms with Gasteiger partial charge in [-0.3, -0.25) is 4.79 Å². The smallest absolute Gasteiger partial charge is 0.227 e. The highest BCUT2D eigenvalue weighted by atomic mass is 16.1. The average Bonchev–Trinajstić information content (AvgIpc) is 2.47. The van der Waals surface area contributed by atoms with Crippen molar-refractivity contribution in [2.24, 2.45) is 0 Å². The summed E-state index contributed by atoms with van der Waals surface area (Å²) in [7, 11) is 0. The maximum Gasteiger partial charge on any atom is 0.227 e. The van der Waals surface area contributed by atoms with Crippen molar-refractivity contribution in [2.45, 2.75) is 0 Å². The maximum atomic E-state index is 10.1. The molecule has 2 rings (SSSR count). The van der Waals surface area contributed by atoms with Gasteiger partial charge in [0.25, 0.3) is 0 Å². The summed E-state index contributed by atoms with van der Waals surface area (Å²) in [5.41, 5.74) is 3.29. The molecule has 60 valence electrons. The fourth-order valence-corrected chi connectivity index (χ4v) is 1.08. The molecule has 1 heterocycles. The number of carbonyl (C=O) groups excluding carboxylic acids is 1. The monoisotopic (exact) mass is 161 g/mol. The van der Waals surface area contributed by atoms with Crippen LogP contribution in [0.25, 0.3) is 10.9 Å². The van der Waals surface area contributed by atoms with Crippen LogP contribution in [0.5, 0.6) is 0 Å². The first kappa shape index (κ1) is 6.84. The van der Waals surface area contributed by atoms with Gasteiger partial charge in [-0.2, -0.15) is 9.89 Å². The van der Waals surface area contributed by atoms with E-state index in [9.17, 15) is 4.79 Å². The van der Waals surface area contributed by atoms with E-state index >= 15 is 0 Å². The minimum atomic E-state index is 0.589. The standard InChI is InChI=1S/C8H7N3O/c12-6-9-11-5-7-3-1-2-4-8(7)10-11/h1-6H,(H,9,12). The number of hydrogen-bond acceptors (Lipinski definition) is 2. The molecule has 0 unspecified atom stereocenters. The van der Waals surface area contributed by atoms with Gasteiger partial charge >= 0.3 is 0 Å². The molecule has 1 amide bonds. The van der Waals surface area contributed by atoms with Crippen LogP contribution in [-0.2, 0) is 4.79 Å². The summed E-state index contributed by atoms with van der Waals surface area (Å²) < 4.78 is 0. The highest BCUT2D eigenvalue weighted by molar-refractivity contribution is 5.78. The average molecular weight is 161 g/mol. The molecule has 1 aromatic heterocycles. The zero-order chi connectivity index (χ0) is 8.39. The van der Waals surface area contributed by atoms with E-state index in [2.05, 4.69) is 10.5 Å². The summed E-state index contributed by atoms with van der Waals surface area (Å²) in [4.78, 5) is 11.5. The number of fused-ring (bicyclic) bond motifs is 1. The van der Waals surface area contributed by atoms with Gasteiger partial charge in [0, 0.05) is 5.39 Å². The van der Waals surface area contributed by atoms with Crippen molar-refractivity contribution in [1.29, 1.82) is 0 Å². The van der Waals surface area contributed by atoms with Crippen LogP contribution in [0.15, 0.2) is 30.5 Å². The summed E-state index contributed by atoms with van der Waals surface area (Å²) >= 11 is 0. The van der Waals surface area contributed by atoms with Gasteiger partial charge in [-0.25, -0.2) is 5.43 Å². The quantitative estimate of drug-likeness (QED) is 0.660. The molecular formula is C8H7N3O. The van der Waals surface area contributed by atoms with Gasteiger partial charge in [0.15, 0.2) is 0 Å². The van der Waals surface area contributed by atoms with E-state index < -0.39 is 0 Å². The third-order valence-electron chi connectivity index (χ3n) is 1.60. The van der Waals surface area contributed by atoms with E-state index in [4.69, 9.17) is 0 Å². The van der Waals surface area contributed by atoms with Crippen LogP contribution in [0.3, 0.4) is 0 Å². The summed E-state index contributed by atoms with van der Waals surface area (Å²) in [5, 5.41) is 5.08. The maximum absolute atomic E-state index is 10.1. The zero-order valence-electron chi connectivity index (χ0n) is 6.27. The Morgan fingerprint density at radius 2 is 2.25 bits per heavy atom. The first-order valence-electron chi connectivity index (χ1n) is 3.55. The number of nitrogens with zero attached hydrogens (tertiary/aromatic N) is 2. The third kappa shape index (κ3) is 1.03. The van der Waals surface area contributed by atoms with Crippen LogP contribution >= 0.6 is 0 Å². The van der Waals surface area contributed by atoms with Crippen molar-refractivity contribution in [3.8, 4) is 0 Å². The molecule has 4 heteroatoms. The lowest BCUT2D eigenvalue weighted by Gasteiger charge is -1.91. The van der Waals surface area contributed by atoms with E-state index in [1.165, 1.54) is 4.79 Å². The Morgan fingerprint density at radius 1 is 1.42 bits per heavy atom. The predicted octanol–water partition coefficient (Wildman–Crippen LogP) is 0.736. The topological polar surface area (TPSA) is 46.9 Å². The number of benzene rings is 1. The molecule has 0 aliphatic heterocycles. The fourth-order valence-electron chi connectivity index (χ4n) is 1.08. The summed E-state index contributed by atoms with van der Waals surface area (Å²) in [6, 6.07) is 7.65. The summed E-state index contributed by atoms with van der Waals surface area (Å²) in [6.07, 6.45) is 2.34. The second-order valence-corrected chi connectivity index (χ2v) is 2.38. The SMILES string of the molecule is O=CNn1cc2ccccc2n1. The van der Waals surface area contributed by atoms with Gasteiger partial charge in [-0.05, 0) is 6.07 Å². The lowest BCUT2D eigenvalue weighted by molar-refractivity contribution is -0.106. The Labute approximate surface area is 68.8 Å². The number of rotatable bonds is 2. The molecule has 0 atom stereocenters. The first-order chi connectivity index (χ1) is 5.90. The highest BCUT2D eigenvalue weighted by Crippen LogP contribution is 2.09. The van der Waals surface area contributed by atoms with Gasteiger partial charge in [0.1, 0.15) is 0 Å². The lowest BCUT2D eigenvalue weighted by Crippen LogP contribution is -2.11. The van der Waals surface area contributed by atoms with Crippen LogP contribution < -0.4 is 5.43 Å². The number of aromatic nitrogens is 2. The fraction of sp³-hybridized carbons (Fsp3) is 0. The molecule has 4 nitrogen and oxygen atoms in total. The molecule has 0 spiro atoms. The van der Waals surface area contributed by atoms with Crippen LogP contribution in [0.4, 0.5) is 0 Å². The lowest BCUT2D eigenvalue weighted by atomic mass is 10.3. The minimum Gasteiger partial charge on any atom is -0.277 e. The van der Waals surface area contributed by atoms with E-state index in [0.29, 0.717) is 6.41 Å². The van der Waals surface area contributed by atoms with Crippen LogP contribution in [0.1, 0.15) is 0 Å². The van der Waals surface area contributed by atoms with Gasteiger partial charge < -0.3 is 0 Å². The second-order valence-electron chi connectivity index (χ2n) is 2.38. The molecule has 0 saturated carbocycles. The third-order valence-corrected chi connectivity index (χ3v) is 1.60. The van der Waals surface area contributed by atoms with Crippen LogP contribution in [-0.4, -0.2) is 16.3 Å². The van der Waals surface area contributed by atoms with E-state index in [1.807, 2.05) is 24.3 Å². The minimum absolute atomic E-state index is 0.589. The van der Waals surface area contributed by atoms with Crippen molar-refractivity contribution in [2.75, 3.05) is 5.43 Å². The van der Waals surface area contributed by atoms with Crippen LogP contribution in [0, 0.1) is 0 Å². The van der Waals surface area contributed by atoms with Crippen molar-refractivity contribution < 1.29 is 4.79 Å². The largest absolute Gasteiger partial charge is 0.277 e. The number of amides is 1. The number of hydrogen-bond donors (Lipinski definition) is 1. The molecule has 0 fully saturated rings. The number of carbonyl (C=O) groups is 1. The Kier molecular flexibility index (Phi) is 1.51. The normalized spacial score (nSPS) is 10.0. The Bertz CT molecular complexity index is 374. The van der Waals surface area contributed by atoms with Gasteiger partial charge in [0.2, 0.25) is 6.41 Å². The predicted molar refractivity (Wildman–Crippen MR) is 45.2 cm³/mol. The van der Waals surface area contributed by atoms with Crippen molar-refractivity contribution in [3.63, 3.8) is 0 Å². The molecule has 2 aromatic rings. The molecule has 0 aliphatic rings. The Morgan fingerprint density at radius 3 is 3.00 bits per heavy atom. The Balaban J connectivity index is 2.54. The van der Waals surface area contributed by atoms with Crippen molar-refractivity contribution in [1.82, 2.24) is 9.89 Å². The molecule has 0 radical (unpaired) electrons.